The fraction of sp³-hybridized carbons (Fsp3) is 0.417. The third-order valence-electron chi connectivity index (χ3n) is 4.37. The fourth-order valence-electron chi connectivity index (χ4n) is 2.63. The molecule has 5 heteroatoms. The van der Waals surface area contributed by atoms with Gasteiger partial charge in [-0.2, -0.15) is 5.10 Å². The molecule has 0 spiro atoms. The number of hydrogen-bond donors (Lipinski definition) is 1. The van der Waals surface area contributed by atoms with Crippen LogP contribution in [0.15, 0.2) is 48.5 Å². The molecule has 0 bridgehead atoms. The van der Waals surface area contributed by atoms with Crippen molar-refractivity contribution < 1.29 is 9.53 Å². The molecule has 1 amide bonds. The molecule has 1 aliphatic rings. The molecule has 0 saturated heterocycles. The van der Waals surface area contributed by atoms with E-state index >= 15 is 0 Å². The first-order valence-electron chi connectivity index (χ1n) is 10.4. The van der Waals surface area contributed by atoms with Gasteiger partial charge >= 0.3 is 0 Å². The maximum atomic E-state index is 11.8. The summed E-state index contributed by atoms with van der Waals surface area (Å²) in [6.07, 6.45) is 2.08. The lowest BCUT2D eigenvalue weighted by Crippen LogP contribution is -2.27. The number of aromatic nitrogens is 2. The predicted octanol–water partition coefficient (Wildman–Crippen LogP) is 5.99. The second kappa shape index (κ2) is 12.6. The zero-order valence-electron chi connectivity index (χ0n) is 18.8. The lowest BCUT2D eigenvalue weighted by Gasteiger charge is -2.17. The van der Waals surface area contributed by atoms with Crippen molar-refractivity contribution in [1.29, 1.82) is 0 Å². The number of para-hydroxylation sites is 1. The van der Waals surface area contributed by atoms with Gasteiger partial charge in [-0.1, -0.05) is 45.9 Å². The number of hydrogen-bond acceptors (Lipinski definition) is 3. The quantitative estimate of drug-likeness (QED) is 0.590. The molecule has 1 saturated carbocycles. The number of fused-ring (bicyclic) bond motifs is 1. The maximum absolute atomic E-state index is 11.8. The number of anilines is 1. The van der Waals surface area contributed by atoms with E-state index < -0.39 is 0 Å². The summed E-state index contributed by atoms with van der Waals surface area (Å²) >= 11 is 0. The molecule has 158 valence electrons. The smallest absolute Gasteiger partial charge is 0.229 e. The first kappa shape index (κ1) is 24.2. The third-order valence-corrected chi connectivity index (χ3v) is 4.37. The van der Waals surface area contributed by atoms with Crippen LogP contribution in [0.1, 0.15) is 46.2 Å². The van der Waals surface area contributed by atoms with Gasteiger partial charge in [0.1, 0.15) is 5.75 Å². The molecule has 3 aromatic rings. The number of ether oxygens (including phenoxy) is 1. The monoisotopic (exact) mass is 397 g/mol. The Morgan fingerprint density at radius 3 is 2.14 bits per heavy atom. The van der Waals surface area contributed by atoms with Crippen LogP contribution in [0.3, 0.4) is 0 Å². The highest BCUT2D eigenvalue weighted by Crippen LogP contribution is 2.32. The van der Waals surface area contributed by atoms with Gasteiger partial charge < -0.3 is 9.64 Å². The molecule has 1 fully saturated rings. The molecule has 0 aliphatic heterocycles. The van der Waals surface area contributed by atoms with E-state index in [1.54, 1.807) is 12.0 Å². The SMILES string of the molecule is CC.CC.COc1ccc(N(C)C(=O)C2CC2)cc1.Cc1[nH]nc2ccccc12. The minimum Gasteiger partial charge on any atom is -0.497 e. The van der Waals surface area contributed by atoms with E-state index in [9.17, 15) is 4.79 Å². The van der Waals surface area contributed by atoms with E-state index in [2.05, 4.69) is 16.3 Å². The highest BCUT2D eigenvalue weighted by Gasteiger charge is 2.32. The lowest BCUT2D eigenvalue weighted by atomic mass is 10.2. The summed E-state index contributed by atoms with van der Waals surface area (Å²) in [5.74, 6) is 1.29. The Bertz CT molecular complexity index is 852. The minimum atomic E-state index is 0.222. The van der Waals surface area contributed by atoms with E-state index in [1.807, 2.05) is 84.1 Å². The molecule has 0 radical (unpaired) electrons. The van der Waals surface area contributed by atoms with Crippen molar-refractivity contribution in [3.8, 4) is 5.75 Å². The van der Waals surface area contributed by atoms with Crippen LogP contribution in [-0.4, -0.2) is 30.3 Å². The van der Waals surface area contributed by atoms with E-state index in [0.717, 1.165) is 35.5 Å². The topological polar surface area (TPSA) is 58.2 Å². The molecule has 1 aromatic heterocycles. The molecule has 0 atom stereocenters. The Morgan fingerprint density at radius 2 is 1.62 bits per heavy atom. The van der Waals surface area contributed by atoms with Crippen molar-refractivity contribution in [3.63, 3.8) is 0 Å². The van der Waals surface area contributed by atoms with Crippen LogP contribution in [0.25, 0.3) is 10.9 Å². The van der Waals surface area contributed by atoms with E-state index in [4.69, 9.17) is 4.74 Å². The average Bonchev–Trinajstić information content (AvgIpc) is 3.59. The number of amides is 1. The molecule has 1 aliphatic carbocycles. The Labute approximate surface area is 175 Å². The summed E-state index contributed by atoms with van der Waals surface area (Å²) in [6.45, 7) is 10.0. The Balaban J connectivity index is 0.000000260. The number of aromatic amines is 1. The summed E-state index contributed by atoms with van der Waals surface area (Å²) in [5.41, 5.74) is 3.10. The van der Waals surface area contributed by atoms with Crippen LogP contribution < -0.4 is 9.64 Å². The van der Waals surface area contributed by atoms with Gasteiger partial charge in [-0.3, -0.25) is 9.89 Å². The van der Waals surface area contributed by atoms with Gasteiger partial charge in [0.05, 0.1) is 12.6 Å². The van der Waals surface area contributed by atoms with Crippen molar-refractivity contribution in [3.05, 3.63) is 54.2 Å². The van der Waals surface area contributed by atoms with Crippen LogP contribution in [-0.2, 0) is 4.79 Å². The van der Waals surface area contributed by atoms with Crippen molar-refractivity contribution in [2.75, 3.05) is 19.1 Å². The van der Waals surface area contributed by atoms with Gasteiger partial charge in [-0.15, -0.1) is 0 Å². The van der Waals surface area contributed by atoms with Crippen LogP contribution in [0.5, 0.6) is 5.75 Å². The average molecular weight is 398 g/mol. The molecular formula is C24H35N3O2. The first-order chi connectivity index (χ1) is 14.1. The second-order valence-corrected chi connectivity index (χ2v) is 6.24. The number of nitrogens with one attached hydrogen (secondary N) is 1. The Hall–Kier alpha value is -2.82. The second-order valence-electron chi connectivity index (χ2n) is 6.24. The van der Waals surface area contributed by atoms with Crippen LogP contribution in [0, 0.1) is 12.8 Å². The number of methoxy groups -OCH3 is 1. The molecule has 0 unspecified atom stereocenters. The fourth-order valence-corrected chi connectivity index (χ4v) is 2.63. The largest absolute Gasteiger partial charge is 0.497 e. The summed E-state index contributed by atoms with van der Waals surface area (Å²) in [6, 6.07) is 15.6. The number of carbonyl (C=O) groups is 1. The number of H-pyrrole nitrogens is 1. The summed E-state index contributed by atoms with van der Waals surface area (Å²) < 4.78 is 5.07. The summed E-state index contributed by atoms with van der Waals surface area (Å²) in [4.78, 5) is 13.5. The molecule has 4 rings (SSSR count). The third kappa shape index (κ3) is 6.93. The Kier molecular flexibility index (Phi) is 10.5. The normalized spacial score (nSPS) is 11.7. The Morgan fingerprint density at radius 1 is 1.03 bits per heavy atom. The van der Waals surface area contributed by atoms with Crippen LogP contribution >= 0.6 is 0 Å². The number of carbonyl (C=O) groups excluding carboxylic acids is 1. The van der Waals surface area contributed by atoms with Gasteiger partial charge in [-0.05, 0) is 50.1 Å². The van der Waals surface area contributed by atoms with Crippen LogP contribution in [0.2, 0.25) is 0 Å². The van der Waals surface area contributed by atoms with E-state index in [0.29, 0.717) is 0 Å². The molecule has 29 heavy (non-hydrogen) atoms. The highest BCUT2D eigenvalue weighted by molar-refractivity contribution is 5.95. The van der Waals surface area contributed by atoms with Crippen molar-refractivity contribution in [1.82, 2.24) is 10.2 Å². The van der Waals surface area contributed by atoms with Crippen molar-refractivity contribution >= 4 is 22.5 Å². The maximum Gasteiger partial charge on any atom is 0.229 e. The van der Waals surface area contributed by atoms with Gasteiger partial charge in [0.15, 0.2) is 0 Å². The van der Waals surface area contributed by atoms with Gasteiger partial charge in [0.25, 0.3) is 0 Å². The van der Waals surface area contributed by atoms with Gasteiger partial charge in [0.2, 0.25) is 5.91 Å². The zero-order valence-corrected chi connectivity index (χ0v) is 18.8. The number of benzene rings is 2. The summed E-state index contributed by atoms with van der Waals surface area (Å²) in [5, 5.41) is 8.23. The predicted molar refractivity (Wildman–Crippen MR) is 123 cm³/mol. The molecule has 2 aromatic carbocycles. The minimum absolute atomic E-state index is 0.222. The van der Waals surface area contributed by atoms with E-state index in [1.165, 1.54) is 5.39 Å². The van der Waals surface area contributed by atoms with E-state index in [-0.39, 0.29) is 11.8 Å². The molecule has 1 heterocycles. The number of aryl methyl sites for hydroxylation is 1. The molecule has 5 nitrogen and oxygen atoms in total. The zero-order chi connectivity index (χ0) is 21.8. The highest BCUT2D eigenvalue weighted by atomic mass is 16.5. The molecular weight excluding hydrogens is 362 g/mol. The van der Waals surface area contributed by atoms with Crippen molar-refractivity contribution in [2.24, 2.45) is 5.92 Å². The standard InChI is InChI=1S/C12H15NO2.C8H8N2.2C2H6/c1-13(12(14)9-3-4-9)10-5-7-11(15-2)8-6-10;1-6-7-4-2-3-5-8(7)10-9-6;2*1-2/h5-9H,3-4H2,1-2H3;2-5H,1H3,(H,9,10);2*1-2H3. The van der Waals surface area contributed by atoms with Crippen molar-refractivity contribution in [2.45, 2.75) is 47.5 Å². The summed E-state index contributed by atoms with van der Waals surface area (Å²) in [7, 11) is 3.45. The van der Waals surface area contributed by atoms with Gasteiger partial charge in [0, 0.05) is 29.7 Å². The van der Waals surface area contributed by atoms with Crippen LogP contribution in [0.4, 0.5) is 5.69 Å². The number of nitrogens with zero attached hydrogens (tertiary/aromatic N) is 2. The lowest BCUT2D eigenvalue weighted by molar-refractivity contribution is -0.119. The molecule has 1 N–H and O–H groups in total. The number of rotatable bonds is 3. The van der Waals surface area contributed by atoms with Gasteiger partial charge in [-0.25, -0.2) is 0 Å². The first-order valence-corrected chi connectivity index (χ1v) is 10.4.